The molecule has 1 unspecified atom stereocenters. The van der Waals surface area contributed by atoms with E-state index in [-0.39, 0.29) is 5.92 Å². The number of fused-ring (bicyclic) bond motifs is 1. The van der Waals surface area contributed by atoms with Crippen LogP contribution in [0.4, 0.5) is 5.13 Å². The lowest BCUT2D eigenvalue weighted by atomic mass is 9.98. The number of thiazole rings is 1. The van der Waals surface area contributed by atoms with Crippen molar-refractivity contribution in [3.63, 3.8) is 0 Å². The third kappa shape index (κ3) is 1.79. The molecule has 0 aliphatic carbocycles. The molecule has 1 aromatic carbocycles. The topological polar surface area (TPSA) is 62.7 Å². The lowest BCUT2D eigenvalue weighted by Gasteiger charge is -2.04. The van der Waals surface area contributed by atoms with E-state index >= 15 is 0 Å². The molecule has 0 aliphatic rings. The van der Waals surface area contributed by atoms with Gasteiger partial charge in [0.25, 0.3) is 0 Å². The molecule has 2 aromatic rings. The fourth-order valence-electron chi connectivity index (χ4n) is 1.58. The average Bonchev–Trinajstić information content (AvgIpc) is 2.59. The summed E-state index contributed by atoms with van der Waals surface area (Å²) in [6.07, 6.45) is 0.830. The maximum atomic E-state index is 8.97. The highest BCUT2D eigenvalue weighted by atomic mass is 32.1. The number of nitrogen functional groups attached to an aromatic ring is 1. The Hall–Kier alpha value is -1.60. The molecule has 0 bridgehead atoms. The maximum absolute atomic E-state index is 8.97. The third-order valence-corrected chi connectivity index (χ3v) is 3.24. The van der Waals surface area contributed by atoms with Crippen molar-refractivity contribution in [1.29, 1.82) is 5.26 Å². The second kappa shape index (κ2) is 3.87. The summed E-state index contributed by atoms with van der Waals surface area (Å²) in [5, 5.41) is 9.55. The first kappa shape index (κ1) is 9.94. The number of nitrogens with two attached hydrogens (primary N) is 1. The molecule has 2 N–H and O–H groups in total. The standard InChI is InChI=1S/C11H11N3S/c1-2-7(6-12)8-3-4-9-10(5-8)15-11(13)14-9/h3-5,7H,2H2,1H3,(H2,13,14). The van der Waals surface area contributed by atoms with Crippen LogP contribution in [0.2, 0.25) is 0 Å². The Kier molecular flexibility index (Phi) is 2.57. The number of nitriles is 1. The van der Waals surface area contributed by atoms with Crippen molar-refractivity contribution in [3.05, 3.63) is 23.8 Å². The summed E-state index contributed by atoms with van der Waals surface area (Å²) in [6, 6.07) is 8.19. The van der Waals surface area contributed by atoms with Gasteiger partial charge in [0.15, 0.2) is 5.13 Å². The first-order valence-corrected chi connectivity index (χ1v) is 5.61. The molecule has 0 saturated carbocycles. The lowest BCUT2D eigenvalue weighted by molar-refractivity contribution is 0.820. The van der Waals surface area contributed by atoms with Gasteiger partial charge in [-0.3, -0.25) is 0 Å². The van der Waals surface area contributed by atoms with Gasteiger partial charge in [-0.2, -0.15) is 5.26 Å². The Labute approximate surface area is 92.2 Å². The molecular formula is C11H11N3S. The molecule has 1 atom stereocenters. The molecule has 4 heteroatoms. The molecule has 2 rings (SSSR count). The number of hydrogen-bond acceptors (Lipinski definition) is 4. The quantitative estimate of drug-likeness (QED) is 0.841. The molecule has 3 nitrogen and oxygen atoms in total. The fraction of sp³-hybridized carbons (Fsp3) is 0.273. The van der Waals surface area contributed by atoms with Gasteiger partial charge in [-0.25, -0.2) is 4.98 Å². The molecular weight excluding hydrogens is 206 g/mol. The highest BCUT2D eigenvalue weighted by Gasteiger charge is 2.09. The largest absolute Gasteiger partial charge is 0.375 e. The summed E-state index contributed by atoms with van der Waals surface area (Å²) in [7, 11) is 0. The predicted molar refractivity (Wildman–Crippen MR) is 62.7 cm³/mol. The van der Waals surface area contributed by atoms with Crippen molar-refractivity contribution in [1.82, 2.24) is 4.98 Å². The van der Waals surface area contributed by atoms with Crippen LogP contribution in [0.25, 0.3) is 10.2 Å². The molecule has 15 heavy (non-hydrogen) atoms. The van der Waals surface area contributed by atoms with Crippen LogP contribution in [0.5, 0.6) is 0 Å². The van der Waals surface area contributed by atoms with Gasteiger partial charge < -0.3 is 5.73 Å². The van der Waals surface area contributed by atoms with E-state index in [4.69, 9.17) is 11.0 Å². The van der Waals surface area contributed by atoms with Gasteiger partial charge in [-0.1, -0.05) is 24.3 Å². The van der Waals surface area contributed by atoms with E-state index < -0.39 is 0 Å². The van der Waals surface area contributed by atoms with Crippen molar-refractivity contribution < 1.29 is 0 Å². The number of anilines is 1. The molecule has 0 amide bonds. The third-order valence-electron chi connectivity index (χ3n) is 2.40. The van der Waals surface area contributed by atoms with E-state index in [0.29, 0.717) is 5.13 Å². The maximum Gasteiger partial charge on any atom is 0.181 e. The predicted octanol–water partition coefficient (Wildman–Crippen LogP) is 2.90. The van der Waals surface area contributed by atoms with Crippen LogP contribution in [-0.4, -0.2) is 4.98 Å². The van der Waals surface area contributed by atoms with E-state index in [0.717, 1.165) is 22.2 Å². The van der Waals surface area contributed by atoms with Crippen molar-refractivity contribution in [2.75, 3.05) is 5.73 Å². The number of rotatable bonds is 2. The van der Waals surface area contributed by atoms with Crippen LogP contribution in [0.15, 0.2) is 18.2 Å². The van der Waals surface area contributed by atoms with Crippen LogP contribution < -0.4 is 5.73 Å². The molecule has 0 fully saturated rings. The molecule has 0 saturated heterocycles. The van der Waals surface area contributed by atoms with Crippen molar-refractivity contribution in [2.24, 2.45) is 0 Å². The van der Waals surface area contributed by atoms with E-state index in [1.807, 2.05) is 25.1 Å². The number of nitrogens with zero attached hydrogens (tertiary/aromatic N) is 2. The van der Waals surface area contributed by atoms with Crippen LogP contribution in [0.1, 0.15) is 24.8 Å². The molecule has 1 heterocycles. The van der Waals surface area contributed by atoms with E-state index in [9.17, 15) is 0 Å². The zero-order valence-corrected chi connectivity index (χ0v) is 9.21. The van der Waals surface area contributed by atoms with Gasteiger partial charge in [-0.05, 0) is 24.1 Å². The zero-order valence-electron chi connectivity index (χ0n) is 8.40. The second-order valence-corrected chi connectivity index (χ2v) is 4.43. The van der Waals surface area contributed by atoms with Gasteiger partial charge in [-0.15, -0.1) is 0 Å². The monoisotopic (exact) mass is 217 g/mol. The normalized spacial score (nSPS) is 12.5. The summed E-state index contributed by atoms with van der Waals surface area (Å²) in [5.74, 6) is -0.0299. The summed E-state index contributed by atoms with van der Waals surface area (Å²) in [6.45, 7) is 2.01. The summed E-state index contributed by atoms with van der Waals surface area (Å²) >= 11 is 1.46. The SMILES string of the molecule is CCC(C#N)c1ccc2nc(N)sc2c1. The molecule has 0 radical (unpaired) electrons. The van der Waals surface area contributed by atoms with Crippen LogP contribution in [-0.2, 0) is 0 Å². The number of aromatic nitrogens is 1. The van der Waals surface area contributed by atoms with Crippen molar-refractivity contribution in [3.8, 4) is 6.07 Å². The van der Waals surface area contributed by atoms with Crippen LogP contribution >= 0.6 is 11.3 Å². The first-order chi connectivity index (χ1) is 7.24. The highest BCUT2D eigenvalue weighted by molar-refractivity contribution is 7.22. The van der Waals surface area contributed by atoms with Gasteiger partial charge in [0.2, 0.25) is 0 Å². The molecule has 0 spiro atoms. The number of hydrogen-bond donors (Lipinski definition) is 1. The minimum absolute atomic E-state index is 0.0299. The van der Waals surface area contributed by atoms with E-state index in [1.54, 1.807) is 0 Å². The highest BCUT2D eigenvalue weighted by Crippen LogP contribution is 2.28. The summed E-state index contributed by atoms with van der Waals surface area (Å²) in [4.78, 5) is 4.18. The summed E-state index contributed by atoms with van der Waals surface area (Å²) in [5.41, 5.74) is 7.59. The Morgan fingerprint density at radius 3 is 3.07 bits per heavy atom. The molecule has 76 valence electrons. The van der Waals surface area contributed by atoms with Crippen LogP contribution in [0.3, 0.4) is 0 Å². The van der Waals surface area contributed by atoms with E-state index in [2.05, 4.69) is 11.1 Å². The van der Waals surface area contributed by atoms with Crippen LogP contribution in [0, 0.1) is 11.3 Å². The van der Waals surface area contributed by atoms with E-state index in [1.165, 1.54) is 11.3 Å². The lowest BCUT2D eigenvalue weighted by Crippen LogP contribution is -1.92. The zero-order chi connectivity index (χ0) is 10.8. The number of benzene rings is 1. The first-order valence-electron chi connectivity index (χ1n) is 4.80. The fourth-order valence-corrected chi connectivity index (χ4v) is 2.36. The van der Waals surface area contributed by atoms with Gasteiger partial charge in [0.05, 0.1) is 22.2 Å². The Morgan fingerprint density at radius 2 is 2.40 bits per heavy atom. The molecule has 1 aromatic heterocycles. The minimum atomic E-state index is -0.0299. The van der Waals surface area contributed by atoms with Gasteiger partial charge in [0.1, 0.15) is 0 Å². The summed E-state index contributed by atoms with van der Waals surface area (Å²) < 4.78 is 1.05. The van der Waals surface area contributed by atoms with Gasteiger partial charge >= 0.3 is 0 Å². The molecule has 0 aliphatic heterocycles. The van der Waals surface area contributed by atoms with Gasteiger partial charge in [0, 0.05) is 0 Å². The Balaban J connectivity index is 2.51. The average molecular weight is 217 g/mol. The Morgan fingerprint density at radius 1 is 1.60 bits per heavy atom. The Bertz CT molecular complexity index is 524. The minimum Gasteiger partial charge on any atom is -0.375 e. The van der Waals surface area contributed by atoms with Crippen molar-refractivity contribution >= 4 is 26.7 Å². The smallest absolute Gasteiger partial charge is 0.181 e. The van der Waals surface area contributed by atoms with Crippen molar-refractivity contribution in [2.45, 2.75) is 19.3 Å². The second-order valence-electron chi connectivity index (χ2n) is 3.37.